The van der Waals surface area contributed by atoms with Crippen molar-refractivity contribution in [2.75, 3.05) is 9.80 Å². The first kappa shape index (κ1) is 45.2. The molecule has 3 heteroatoms. The Kier molecular flexibility index (Phi) is 8.73. The zero-order chi connectivity index (χ0) is 48.7. The minimum absolute atomic E-state index is 0.0579. The highest BCUT2D eigenvalue weighted by Crippen LogP contribution is 2.58. The molecular formula is C64H81BN2. The van der Waals surface area contributed by atoms with Crippen molar-refractivity contribution in [1.29, 1.82) is 0 Å². The largest absolute Gasteiger partial charge is 0.311 e. The summed E-state index contributed by atoms with van der Waals surface area (Å²) in [5.41, 5.74) is 29.3. The van der Waals surface area contributed by atoms with Crippen LogP contribution in [-0.4, -0.2) is 6.71 Å². The van der Waals surface area contributed by atoms with Crippen molar-refractivity contribution in [3.63, 3.8) is 0 Å². The molecule has 0 radical (unpaired) electrons. The maximum Gasteiger partial charge on any atom is 0.252 e. The lowest BCUT2D eigenvalue weighted by Gasteiger charge is -2.47. The van der Waals surface area contributed by atoms with E-state index in [0.717, 1.165) is 25.7 Å². The number of hydrogen-bond acceptors (Lipinski definition) is 2. The van der Waals surface area contributed by atoms with Crippen LogP contribution in [-0.2, 0) is 48.7 Å². The van der Waals surface area contributed by atoms with Crippen molar-refractivity contribution in [1.82, 2.24) is 0 Å². The summed E-state index contributed by atoms with van der Waals surface area (Å²) in [6, 6.07) is 26.5. The highest BCUT2D eigenvalue weighted by atomic mass is 15.2. The SMILES string of the molecule is Cc1cc2c(cc1N1c3cc4c(cc3B3c5cc6c(cc5N(c5cc7c(cc5C)C(C)(C)CC7(C)C)c5cc(C(C)(C)C)cc1c53)C(C)(C)CC6(C)C)C(C)(C)CC4(C)C)C(C)(C)CC2(C)C. The van der Waals surface area contributed by atoms with E-state index < -0.39 is 0 Å². The fraction of sp³-hybridized carbons (Fsp3) is 0.531. The van der Waals surface area contributed by atoms with Crippen LogP contribution in [0.2, 0.25) is 0 Å². The van der Waals surface area contributed by atoms with Gasteiger partial charge in [-0.2, -0.15) is 0 Å². The second-order valence-corrected chi connectivity index (χ2v) is 29.3. The van der Waals surface area contributed by atoms with E-state index in [1.165, 1.54) is 112 Å². The maximum atomic E-state index is 2.78. The van der Waals surface area contributed by atoms with Crippen LogP contribution >= 0.6 is 0 Å². The second kappa shape index (κ2) is 12.9. The molecule has 0 amide bonds. The maximum absolute atomic E-state index is 2.78. The molecule has 11 rings (SSSR count). The fourth-order valence-corrected chi connectivity index (χ4v) is 16.6. The van der Waals surface area contributed by atoms with Gasteiger partial charge in [0.25, 0.3) is 6.71 Å². The van der Waals surface area contributed by atoms with Gasteiger partial charge in [-0.15, -0.1) is 0 Å². The van der Waals surface area contributed by atoms with Crippen LogP contribution in [0.15, 0.2) is 60.7 Å². The Balaban J connectivity index is 1.32. The number of rotatable bonds is 2. The van der Waals surface area contributed by atoms with Crippen LogP contribution in [0.25, 0.3) is 0 Å². The smallest absolute Gasteiger partial charge is 0.252 e. The summed E-state index contributed by atoms with van der Waals surface area (Å²) in [6.07, 6.45) is 4.59. The Labute approximate surface area is 406 Å². The predicted molar refractivity (Wildman–Crippen MR) is 291 cm³/mol. The molecule has 350 valence electrons. The quantitative estimate of drug-likeness (QED) is 0.160. The van der Waals surface area contributed by atoms with Gasteiger partial charge in [-0.05, 0) is 202 Å². The van der Waals surface area contributed by atoms with E-state index in [4.69, 9.17) is 0 Å². The number of fused-ring (bicyclic) bond motifs is 8. The number of hydrogen-bond donors (Lipinski definition) is 0. The summed E-state index contributed by atoms with van der Waals surface area (Å²) < 4.78 is 0. The van der Waals surface area contributed by atoms with Gasteiger partial charge in [0.15, 0.2) is 0 Å². The van der Waals surface area contributed by atoms with E-state index in [-0.39, 0.29) is 55.4 Å². The number of aryl methyl sites for hydroxylation is 2. The first-order chi connectivity index (χ1) is 30.6. The molecule has 2 aliphatic heterocycles. The van der Waals surface area contributed by atoms with Gasteiger partial charge in [-0.1, -0.05) is 156 Å². The van der Waals surface area contributed by atoms with Crippen molar-refractivity contribution in [2.24, 2.45) is 0 Å². The third-order valence-corrected chi connectivity index (χ3v) is 18.7. The molecular weight excluding hydrogens is 808 g/mol. The van der Waals surface area contributed by atoms with Crippen molar-refractivity contribution in [2.45, 2.75) is 220 Å². The molecule has 0 unspecified atom stereocenters. The average Bonchev–Trinajstić information content (AvgIpc) is 3.65. The first-order valence-electron chi connectivity index (χ1n) is 26.1. The van der Waals surface area contributed by atoms with Gasteiger partial charge in [-0.3, -0.25) is 0 Å². The van der Waals surface area contributed by atoms with Crippen molar-refractivity contribution in [3.8, 4) is 0 Å². The van der Waals surface area contributed by atoms with E-state index in [9.17, 15) is 0 Å². The summed E-state index contributed by atoms with van der Waals surface area (Å²) in [7, 11) is 0. The van der Waals surface area contributed by atoms with Crippen LogP contribution < -0.4 is 26.2 Å². The van der Waals surface area contributed by atoms with Crippen molar-refractivity contribution < 1.29 is 0 Å². The van der Waals surface area contributed by atoms with Gasteiger partial charge >= 0.3 is 0 Å². The molecule has 0 atom stereocenters. The number of anilines is 6. The second-order valence-electron chi connectivity index (χ2n) is 29.3. The Bertz CT molecular complexity index is 2850. The molecule has 0 aromatic heterocycles. The fourth-order valence-electron chi connectivity index (χ4n) is 16.6. The standard InChI is InChI=1S/C64H81BN2/c1-36-22-39-43(61(14,15)32-57(39,6)7)28-49(36)66-51-30-45-41(59(10,11)34-63(45,18)19)26-47(51)65-48-27-42-46(64(20,21)35-60(42,12)13)31-52(48)67(54-25-38(56(3,4)5)24-53(66)55(54)65)50-29-44-40(23-37(50)2)58(8,9)33-62(44,16)17/h22-31H,32-35H2,1-21H3. The summed E-state index contributed by atoms with van der Waals surface area (Å²) in [5.74, 6) is 0. The normalized spacial score (nSPS) is 22.7. The van der Waals surface area contributed by atoms with Gasteiger partial charge < -0.3 is 9.80 Å². The molecule has 0 spiro atoms. The lowest BCUT2D eigenvalue weighted by Crippen LogP contribution is -2.62. The Hall–Kier alpha value is -4.24. The average molecular weight is 889 g/mol. The molecule has 0 bridgehead atoms. The Morgan fingerprint density at radius 1 is 0.343 bits per heavy atom. The van der Waals surface area contributed by atoms with Crippen LogP contribution in [0.3, 0.4) is 0 Å². The molecule has 4 aliphatic carbocycles. The van der Waals surface area contributed by atoms with E-state index in [1.807, 2.05) is 0 Å². The minimum atomic E-state index is -0.0924. The zero-order valence-corrected chi connectivity index (χ0v) is 45.6. The van der Waals surface area contributed by atoms with E-state index in [1.54, 1.807) is 0 Å². The van der Waals surface area contributed by atoms with Gasteiger partial charge in [0.2, 0.25) is 0 Å². The van der Waals surface area contributed by atoms with Crippen molar-refractivity contribution >= 4 is 57.2 Å². The molecule has 5 aromatic carbocycles. The molecule has 0 saturated heterocycles. The predicted octanol–water partition coefficient (Wildman–Crippen LogP) is 15.5. The lowest BCUT2D eigenvalue weighted by atomic mass is 9.33. The molecule has 0 fully saturated rings. The van der Waals surface area contributed by atoms with Crippen LogP contribution in [0.1, 0.15) is 218 Å². The highest BCUT2D eigenvalue weighted by Gasteiger charge is 2.52. The van der Waals surface area contributed by atoms with Gasteiger partial charge in [0, 0.05) is 34.1 Å². The molecule has 0 N–H and O–H groups in total. The monoisotopic (exact) mass is 889 g/mol. The van der Waals surface area contributed by atoms with E-state index >= 15 is 0 Å². The number of nitrogens with zero attached hydrogens (tertiary/aromatic N) is 2. The minimum Gasteiger partial charge on any atom is -0.311 e. The summed E-state index contributed by atoms with van der Waals surface area (Å²) in [6.45, 7) is 51.9. The van der Waals surface area contributed by atoms with Crippen LogP contribution in [0, 0.1) is 13.8 Å². The third-order valence-electron chi connectivity index (χ3n) is 18.7. The van der Waals surface area contributed by atoms with Crippen LogP contribution in [0.4, 0.5) is 34.1 Å². The van der Waals surface area contributed by atoms with Gasteiger partial charge in [0.1, 0.15) is 0 Å². The molecule has 0 saturated carbocycles. The zero-order valence-electron chi connectivity index (χ0n) is 45.6. The topological polar surface area (TPSA) is 6.48 Å². The number of benzene rings is 5. The van der Waals surface area contributed by atoms with Crippen molar-refractivity contribution in [3.05, 3.63) is 122 Å². The summed E-state index contributed by atoms with van der Waals surface area (Å²) in [5, 5.41) is 0. The highest BCUT2D eigenvalue weighted by molar-refractivity contribution is 7.00. The van der Waals surface area contributed by atoms with Crippen LogP contribution in [0.5, 0.6) is 0 Å². The molecule has 67 heavy (non-hydrogen) atoms. The van der Waals surface area contributed by atoms with E-state index in [0.29, 0.717) is 0 Å². The Morgan fingerprint density at radius 3 is 0.881 bits per heavy atom. The summed E-state index contributed by atoms with van der Waals surface area (Å²) >= 11 is 0. The molecule has 2 nitrogen and oxygen atoms in total. The lowest BCUT2D eigenvalue weighted by molar-refractivity contribution is 0.402. The van der Waals surface area contributed by atoms with Gasteiger partial charge in [-0.25, -0.2) is 0 Å². The first-order valence-corrected chi connectivity index (χ1v) is 26.1. The molecule has 5 aromatic rings. The van der Waals surface area contributed by atoms with Gasteiger partial charge in [0.05, 0.1) is 0 Å². The van der Waals surface area contributed by atoms with E-state index in [2.05, 4.69) is 216 Å². The molecule has 6 aliphatic rings. The molecule has 2 heterocycles. The summed E-state index contributed by atoms with van der Waals surface area (Å²) in [4.78, 5) is 5.56. The Morgan fingerprint density at radius 2 is 0.597 bits per heavy atom. The third kappa shape index (κ3) is 6.13.